The molecular weight excluding hydrogens is 376 g/mol. The van der Waals surface area contributed by atoms with Gasteiger partial charge in [0.2, 0.25) is 0 Å². The lowest BCUT2D eigenvalue weighted by Crippen LogP contribution is -2.28. The van der Waals surface area contributed by atoms with E-state index in [0.29, 0.717) is 29.9 Å². The molecule has 0 fully saturated rings. The van der Waals surface area contributed by atoms with Crippen molar-refractivity contribution in [1.29, 1.82) is 0 Å². The van der Waals surface area contributed by atoms with Crippen molar-refractivity contribution in [1.82, 2.24) is 10.3 Å². The van der Waals surface area contributed by atoms with E-state index >= 15 is 0 Å². The van der Waals surface area contributed by atoms with E-state index in [1.54, 1.807) is 37.4 Å². The lowest BCUT2D eigenvalue weighted by molar-refractivity contribution is 0.0940. The Balaban J connectivity index is 1.66. The van der Waals surface area contributed by atoms with Gasteiger partial charge in [0.05, 0.1) is 11.6 Å². The summed E-state index contributed by atoms with van der Waals surface area (Å²) in [5.41, 5.74) is 1.57. The predicted octanol–water partition coefficient (Wildman–Crippen LogP) is 4.21. The standard InChI is InChI=1S/C22H21F2N3O2/c1-14(16-8-9-18(23)19(24)13-16)27-22(29)17-6-4-11-25-21(17)26-12-10-15-5-2-3-7-20(15)28/h2-9,11,13-14,28H,10,12H2,1H3,(H,25,26)(H,27,29)/t14-/m0/s1. The minimum absolute atomic E-state index is 0.216. The number of aromatic hydroxyl groups is 1. The number of phenols is 1. The van der Waals surface area contributed by atoms with Gasteiger partial charge in [-0.2, -0.15) is 0 Å². The molecule has 3 rings (SSSR count). The Morgan fingerprint density at radius 1 is 1.10 bits per heavy atom. The molecule has 0 unspecified atom stereocenters. The fourth-order valence-electron chi connectivity index (χ4n) is 2.91. The van der Waals surface area contributed by atoms with E-state index in [1.165, 1.54) is 6.07 Å². The number of phenolic OH excluding ortho intramolecular Hbond substituents is 1. The van der Waals surface area contributed by atoms with Crippen LogP contribution in [0.3, 0.4) is 0 Å². The molecule has 0 aliphatic heterocycles. The van der Waals surface area contributed by atoms with Crippen molar-refractivity contribution >= 4 is 11.7 Å². The topological polar surface area (TPSA) is 74.2 Å². The first-order valence-corrected chi connectivity index (χ1v) is 9.17. The number of hydrogen-bond donors (Lipinski definition) is 3. The van der Waals surface area contributed by atoms with Crippen LogP contribution in [0.2, 0.25) is 0 Å². The van der Waals surface area contributed by atoms with Crippen molar-refractivity contribution in [2.45, 2.75) is 19.4 Å². The van der Waals surface area contributed by atoms with Crippen molar-refractivity contribution in [3.8, 4) is 5.75 Å². The Bertz CT molecular complexity index is 1010. The number of pyridine rings is 1. The minimum atomic E-state index is -0.962. The van der Waals surface area contributed by atoms with Gasteiger partial charge < -0.3 is 15.7 Å². The number of anilines is 1. The fraction of sp³-hybridized carbons (Fsp3) is 0.182. The molecule has 0 bridgehead atoms. The second-order valence-corrected chi connectivity index (χ2v) is 6.57. The van der Waals surface area contributed by atoms with E-state index in [9.17, 15) is 18.7 Å². The zero-order valence-electron chi connectivity index (χ0n) is 15.8. The third-order valence-corrected chi connectivity index (χ3v) is 4.52. The van der Waals surface area contributed by atoms with Crippen molar-refractivity contribution in [3.05, 3.63) is 89.1 Å². The Labute approximate surface area is 167 Å². The first-order valence-electron chi connectivity index (χ1n) is 9.17. The lowest BCUT2D eigenvalue weighted by atomic mass is 10.1. The van der Waals surface area contributed by atoms with Crippen LogP contribution in [-0.4, -0.2) is 22.5 Å². The summed E-state index contributed by atoms with van der Waals surface area (Å²) < 4.78 is 26.6. The number of benzene rings is 2. The van der Waals surface area contributed by atoms with Crippen molar-refractivity contribution in [2.75, 3.05) is 11.9 Å². The van der Waals surface area contributed by atoms with Gasteiger partial charge in [-0.3, -0.25) is 4.79 Å². The molecule has 2 aromatic carbocycles. The lowest BCUT2D eigenvalue weighted by Gasteiger charge is -2.16. The largest absolute Gasteiger partial charge is 0.508 e. The SMILES string of the molecule is C[C@H](NC(=O)c1cccnc1NCCc1ccccc1O)c1ccc(F)c(F)c1. The summed E-state index contributed by atoms with van der Waals surface area (Å²) in [4.78, 5) is 16.9. The Kier molecular flexibility index (Phi) is 6.39. The number of para-hydroxylation sites is 1. The zero-order chi connectivity index (χ0) is 20.8. The van der Waals surface area contributed by atoms with E-state index in [-0.39, 0.29) is 11.7 Å². The average Bonchev–Trinajstić information content (AvgIpc) is 2.71. The molecular formula is C22H21F2N3O2. The number of rotatable bonds is 7. The molecule has 1 amide bonds. The molecule has 0 aliphatic rings. The summed E-state index contributed by atoms with van der Waals surface area (Å²) in [6.45, 7) is 2.15. The van der Waals surface area contributed by atoms with E-state index in [2.05, 4.69) is 15.6 Å². The van der Waals surface area contributed by atoms with Gasteiger partial charge in [0, 0.05) is 12.7 Å². The number of nitrogens with one attached hydrogen (secondary N) is 2. The van der Waals surface area contributed by atoms with E-state index in [1.807, 2.05) is 12.1 Å². The van der Waals surface area contributed by atoms with E-state index in [4.69, 9.17) is 0 Å². The first kappa shape index (κ1) is 20.3. The first-order chi connectivity index (χ1) is 14.0. The molecule has 5 nitrogen and oxygen atoms in total. The second-order valence-electron chi connectivity index (χ2n) is 6.57. The van der Waals surface area contributed by atoms with Gasteiger partial charge in [0.25, 0.3) is 5.91 Å². The third-order valence-electron chi connectivity index (χ3n) is 4.52. The summed E-state index contributed by atoms with van der Waals surface area (Å²) in [6.07, 6.45) is 2.12. The molecule has 0 spiro atoms. The Morgan fingerprint density at radius 2 is 1.90 bits per heavy atom. The maximum Gasteiger partial charge on any atom is 0.255 e. The predicted molar refractivity (Wildman–Crippen MR) is 107 cm³/mol. The van der Waals surface area contributed by atoms with Crippen molar-refractivity contribution < 1.29 is 18.7 Å². The number of amides is 1. The molecule has 0 saturated heterocycles. The normalized spacial score (nSPS) is 11.7. The highest BCUT2D eigenvalue weighted by atomic mass is 19.2. The third kappa shape index (κ3) is 5.07. The van der Waals surface area contributed by atoms with E-state index < -0.39 is 17.7 Å². The van der Waals surface area contributed by atoms with Crippen molar-refractivity contribution in [2.24, 2.45) is 0 Å². The summed E-state index contributed by atoms with van der Waals surface area (Å²) in [7, 11) is 0. The van der Waals surface area contributed by atoms with Gasteiger partial charge in [-0.1, -0.05) is 24.3 Å². The van der Waals surface area contributed by atoms with Crippen LogP contribution in [0.1, 0.15) is 34.5 Å². The zero-order valence-corrected chi connectivity index (χ0v) is 15.8. The summed E-state index contributed by atoms with van der Waals surface area (Å²) >= 11 is 0. The molecule has 3 aromatic rings. The van der Waals surface area contributed by atoms with Gasteiger partial charge in [0.15, 0.2) is 11.6 Å². The maximum atomic E-state index is 13.4. The van der Waals surface area contributed by atoms with Crippen LogP contribution in [-0.2, 0) is 6.42 Å². The molecule has 1 aromatic heterocycles. The molecule has 0 saturated carbocycles. The smallest absolute Gasteiger partial charge is 0.255 e. The average molecular weight is 397 g/mol. The molecule has 1 atom stereocenters. The molecule has 150 valence electrons. The number of carbonyl (C=O) groups excluding carboxylic acids is 1. The van der Waals surface area contributed by atoms with Crippen molar-refractivity contribution in [3.63, 3.8) is 0 Å². The molecule has 7 heteroatoms. The number of halogens is 2. The summed E-state index contributed by atoms with van der Waals surface area (Å²) in [5, 5.41) is 15.7. The number of hydrogen-bond acceptors (Lipinski definition) is 4. The molecule has 1 heterocycles. The number of aromatic nitrogens is 1. The highest BCUT2D eigenvalue weighted by molar-refractivity contribution is 5.98. The van der Waals surface area contributed by atoms with Crippen LogP contribution < -0.4 is 10.6 Å². The number of nitrogens with zero attached hydrogens (tertiary/aromatic N) is 1. The van der Waals surface area contributed by atoms with Gasteiger partial charge in [-0.15, -0.1) is 0 Å². The quantitative estimate of drug-likeness (QED) is 0.558. The van der Waals surface area contributed by atoms with Gasteiger partial charge in [0.1, 0.15) is 11.6 Å². The van der Waals surface area contributed by atoms with Crippen LogP contribution in [0, 0.1) is 11.6 Å². The Morgan fingerprint density at radius 3 is 2.66 bits per heavy atom. The van der Waals surface area contributed by atoms with Crippen LogP contribution in [0.15, 0.2) is 60.8 Å². The Hall–Kier alpha value is -3.48. The molecule has 3 N–H and O–H groups in total. The van der Waals surface area contributed by atoms with Crippen LogP contribution >= 0.6 is 0 Å². The summed E-state index contributed by atoms with van der Waals surface area (Å²) in [6, 6.07) is 13.3. The molecule has 29 heavy (non-hydrogen) atoms. The highest BCUT2D eigenvalue weighted by Crippen LogP contribution is 2.19. The maximum absolute atomic E-state index is 13.4. The molecule has 0 radical (unpaired) electrons. The summed E-state index contributed by atoms with van der Waals surface area (Å²) in [5.74, 6) is -1.67. The number of carbonyl (C=O) groups is 1. The monoisotopic (exact) mass is 397 g/mol. The fourth-order valence-corrected chi connectivity index (χ4v) is 2.91. The minimum Gasteiger partial charge on any atom is -0.508 e. The van der Waals surface area contributed by atoms with Gasteiger partial charge >= 0.3 is 0 Å². The van der Waals surface area contributed by atoms with Gasteiger partial charge in [-0.05, 0) is 54.8 Å². The van der Waals surface area contributed by atoms with Crippen LogP contribution in [0.4, 0.5) is 14.6 Å². The van der Waals surface area contributed by atoms with Crippen LogP contribution in [0.5, 0.6) is 5.75 Å². The second kappa shape index (κ2) is 9.14. The molecule has 0 aliphatic carbocycles. The van der Waals surface area contributed by atoms with E-state index in [0.717, 1.165) is 17.7 Å². The van der Waals surface area contributed by atoms with Crippen LogP contribution in [0.25, 0.3) is 0 Å². The van der Waals surface area contributed by atoms with Gasteiger partial charge in [-0.25, -0.2) is 13.8 Å². The highest BCUT2D eigenvalue weighted by Gasteiger charge is 2.16.